The Morgan fingerprint density at radius 3 is 2.68 bits per heavy atom. The summed E-state index contributed by atoms with van der Waals surface area (Å²) in [6.45, 7) is 3.40. The smallest absolute Gasteiger partial charge is 0.370 e. The lowest BCUT2D eigenvalue weighted by Crippen LogP contribution is -2.28. The standard InChI is InChI=1S/C12H16ClF3N2O/c1-3-6-17-11-5-4-9(13)10(18-11)7-19-8(2)12(14,15)16/h4-5,8H,3,6-7H2,1-2H3,(H,17,18). The molecule has 1 heterocycles. The third kappa shape index (κ3) is 5.24. The SMILES string of the molecule is CCCNc1ccc(Cl)c(COC(C)C(F)(F)F)n1. The minimum atomic E-state index is -4.38. The number of nitrogens with zero attached hydrogens (tertiary/aromatic N) is 1. The van der Waals surface area contributed by atoms with Gasteiger partial charge < -0.3 is 10.1 Å². The fourth-order valence-electron chi connectivity index (χ4n) is 1.24. The zero-order chi connectivity index (χ0) is 14.5. The number of halogens is 4. The van der Waals surface area contributed by atoms with Crippen molar-refractivity contribution in [2.75, 3.05) is 11.9 Å². The first-order valence-corrected chi connectivity index (χ1v) is 6.30. The summed E-state index contributed by atoms with van der Waals surface area (Å²) in [4.78, 5) is 4.13. The Labute approximate surface area is 115 Å². The van der Waals surface area contributed by atoms with Crippen LogP contribution in [-0.2, 0) is 11.3 Å². The zero-order valence-electron chi connectivity index (χ0n) is 10.7. The normalized spacial score (nSPS) is 13.4. The Bertz CT molecular complexity index is 412. The third-order valence-corrected chi connectivity index (χ3v) is 2.75. The van der Waals surface area contributed by atoms with Gasteiger partial charge in [-0.2, -0.15) is 13.2 Å². The quantitative estimate of drug-likeness (QED) is 0.861. The van der Waals surface area contributed by atoms with Gasteiger partial charge in [-0.15, -0.1) is 0 Å². The topological polar surface area (TPSA) is 34.1 Å². The molecule has 108 valence electrons. The molecule has 0 saturated carbocycles. The van der Waals surface area contributed by atoms with Crippen molar-refractivity contribution in [1.29, 1.82) is 0 Å². The van der Waals surface area contributed by atoms with Crippen LogP contribution in [0.25, 0.3) is 0 Å². The molecule has 0 radical (unpaired) electrons. The van der Waals surface area contributed by atoms with Gasteiger partial charge >= 0.3 is 6.18 Å². The monoisotopic (exact) mass is 296 g/mol. The maximum absolute atomic E-state index is 12.3. The molecule has 0 bridgehead atoms. The van der Waals surface area contributed by atoms with Gasteiger partial charge in [-0.3, -0.25) is 0 Å². The molecule has 1 N–H and O–H groups in total. The van der Waals surface area contributed by atoms with Gasteiger partial charge in [0.05, 0.1) is 17.3 Å². The Morgan fingerprint density at radius 2 is 2.11 bits per heavy atom. The van der Waals surface area contributed by atoms with E-state index in [0.29, 0.717) is 11.5 Å². The predicted molar refractivity (Wildman–Crippen MR) is 68.3 cm³/mol. The van der Waals surface area contributed by atoms with Crippen LogP contribution in [-0.4, -0.2) is 23.8 Å². The van der Waals surface area contributed by atoms with Gasteiger partial charge in [0.2, 0.25) is 0 Å². The molecule has 0 amide bonds. The van der Waals surface area contributed by atoms with Crippen LogP contribution < -0.4 is 5.32 Å². The van der Waals surface area contributed by atoms with Crippen LogP contribution in [0.15, 0.2) is 12.1 Å². The summed E-state index contributed by atoms with van der Waals surface area (Å²) in [6.07, 6.45) is -5.32. The maximum Gasteiger partial charge on any atom is 0.414 e. The van der Waals surface area contributed by atoms with Crippen molar-refractivity contribution in [2.45, 2.75) is 39.2 Å². The van der Waals surface area contributed by atoms with Gasteiger partial charge in [-0.05, 0) is 25.5 Å². The predicted octanol–water partition coefficient (Wildman–Crippen LogP) is 4.02. The molecule has 0 aliphatic rings. The Kier molecular flexibility index (Phi) is 5.87. The third-order valence-electron chi connectivity index (χ3n) is 2.41. The first-order valence-electron chi connectivity index (χ1n) is 5.92. The average Bonchev–Trinajstić information content (AvgIpc) is 2.34. The Morgan fingerprint density at radius 1 is 1.42 bits per heavy atom. The number of nitrogens with one attached hydrogen (secondary N) is 1. The van der Waals surface area contributed by atoms with E-state index in [-0.39, 0.29) is 11.6 Å². The van der Waals surface area contributed by atoms with Crippen molar-refractivity contribution in [1.82, 2.24) is 4.98 Å². The van der Waals surface area contributed by atoms with E-state index in [9.17, 15) is 13.2 Å². The van der Waals surface area contributed by atoms with Crippen molar-refractivity contribution in [2.24, 2.45) is 0 Å². The highest BCUT2D eigenvalue weighted by atomic mass is 35.5. The fraction of sp³-hybridized carbons (Fsp3) is 0.583. The molecular formula is C12H16ClF3N2O. The number of anilines is 1. The number of pyridine rings is 1. The molecule has 7 heteroatoms. The van der Waals surface area contributed by atoms with E-state index in [1.54, 1.807) is 12.1 Å². The molecule has 0 saturated heterocycles. The van der Waals surface area contributed by atoms with Crippen LogP contribution >= 0.6 is 11.6 Å². The van der Waals surface area contributed by atoms with Crippen molar-refractivity contribution < 1.29 is 17.9 Å². The number of hydrogen-bond acceptors (Lipinski definition) is 3. The molecule has 3 nitrogen and oxygen atoms in total. The summed E-state index contributed by atoms with van der Waals surface area (Å²) in [5.41, 5.74) is 0.291. The molecule has 1 aromatic rings. The molecule has 1 aromatic heterocycles. The highest BCUT2D eigenvalue weighted by Crippen LogP contribution is 2.24. The van der Waals surface area contributed by atoms with Crippen LogP contribution in [0.1, 0.15) is 26.0 Å². The summed E-state index contributed by atoms with van der Waals surface area (Å²) in [5, 5.41) is 3.32. The van der Waals surface area contributed by atoms with Gasteiger partial charge in [0.15, 0.2) is 6.10 Å². The molecule has 0 fully saturated rings. The molecule has 0 aliphatic heterocycles. The van der Waals surface area contributed by atoms with Crippen LogP contribution in [0.3, 0.4) is 0 Å². The summed E-state index contributed by atoms with van der Waals surface area (Å²) in [6, 6.07) is 3.26. The lowest BCUT2D eigenvalue weighted by atomic mass is 10.3. The van der Waals surface area contributed by atoms with Gasteiger partial charge in [-0.1, -0.05) is 18.5 Å². The van der Waals surface area contributed by atoms with Crippen LogP contribution in [0, 0.1) is 0 Å². The summed E-state index contributed by atoms with van der Waals surface area (Å²) in [5.74, 6) is 0.574. The number of aromatic nitrogens is 1. The highest BCUT2D eigenvalue weighted by Gasteiger charge is 2.37. The number of rotatable bonds is 6. The van der Waals surface area contributed by atoms with E-state index in [1.807, 2.05) is 6.92 Å². The second kappa shape index (κ2) is 6.96. The maximum atomic E-state index is 12.3. The Hall–Kier alpha value is -1.01. The molecule has 0 aromatic carbocycles. The number of ether oxygens (including phenoxy) is 1. The van der Waals surface area contributed by atoms with Crippen molar-refractivity contribution >= 4 is 17.4 Å². The van der Waals surface area contributed by atoms with Crippen molar-refractivity contribution in [3.8, 4) is 0 Å². The molecule has 1 unspecified atom stereocenters. The zero-order valence-corrected chi connectivity index (χ0v) is 11.5. The molecule has 0 spiro atoms. The van der Waals surface area contributed by atoms with Gasteiger partial charge in [0.1, 0.15) is 5.82 Å². The summed E-state index contributed by atoms with van der Waals surface area (Å²) >= 11 is 5.88. The van der Waals surface area contributed by atoms with Gasteiger partial charge in [0, 0.05) is 6.54 Å². The van der Waals surface area contributed by atoms with Crippen LogP contribution in [0.4, 0.5) is 19.0 Å². The minimum Gasteiger partial charge on any atom is -0.370 e. The van der Waals surface area contributed by atoms with E-state index in [1.165, 1.54) is 0 Å². The summed E-state index contributed by atoms with van der Waals surface area (Å²) in [7, 11) is 0. The molecule has 1 atom stereocenters. The lowest BCUT2D eigenvalue weighted by molar-refractivity contribution is -0.217. The first kappa shape index (κ1) is 16.0. The van der Waals surface area contributed by atoms with E-state index in [2.05, 4.69) is 10.3 Å². The van der Waals surface area contributed by atoms with Crippen LogP contribution in [0.5, 0.6) is 0 Å². The lowest BCUT2D eigenvalue weighted by Gasteiger charge is -2.16. The largest absolute Gasteiger partial charge is 0.414 e. The van der Waals surface area contributed by atoms with Crippen molar-refractivity contribution in [3.63, 3.8) is 0 Å². The number of alkyl halides is 3. The fourth-order valence-corrected chi connectivity index (χ4v) is 1.40. The molecule has 0 aliphatic carbocycles. The van der Waals surface area contributed by atoms with E-state index in [0.717, 1.165) is 19.9 Å². The summed E-state index contributed by atoms with van der Waals surface area (Å²) < 4.78 is 41.7. The molecule has 1 rings (SSSR count). The second-order valence-electron chi connectivity index (χ2n) is 4.05. The van der Waals surface area contributed by atoms with Gasteiger partial charge in [-0.25, -0.2) is 4.98 Å². The Balaban J connectivity index is 2.66. The number of hydrogen-bond donors (Lipinski definition) is 1. The average molecular weight is 297 g/mol. The minimum absolute atomic E-state index is 0.277. The second-order valence-corrected chi connectivity index (χ2v) is 4.45. The van der Waals surface area contributed by atoms with Crippen LogP contribution in [0.2, 0.25) is 5.02 Å². The van der Waals surface area contributed by atoms with E-state index >= 15 is 0 Å². The highest BCUT2D eigenvalue weighted by molar-refractivity contribution is 6.31. The van der Waals surface area contributed by atoms with Gasteiger partial charge in [0.25, 0.3) is 0 Å². The van der Waals surface area contributed by atoms with E-state index < -0.39 is 12.3 Å². The van der Waals surface area contributed by atoms with E-state index in [4.69, 9.17) is 16.3 Å². The molecule has 19 heavy (non-hydrogen) atoms. The first-order chi connectivity index (χ1) is 8.84. The van der Waals surface area contributed by atoms with Crippen molar-refractivity contribution in [3.05, 3.63) is 22.8 Å². The molecular weight excluding hydrogens is 281 g/mol.